The van der Waals surface area contributed by atoms with E-state index in [9.17, 15) is 4.79 Å². The highest BCUT2D eigenvalue weighted by molar-refractivity contribution is 6.30. The number of hydrogen-bond donors (Lipinski definition) is 1. The SMILES string of the molecule is CCOC(=O)C(Cn1cc(Cl)cn1)(NC(C)C)C1CC1. The monoisotopic (exact) mass is 299 g/mol. The van der Waals surface area contributed by atoms with E-state index in [1.807, 2.05) is 20.8 Å². The minimum absolute atomic E-state index is 0.186. The second-order valence-corrected chi connectivity index (χ2v) is 6.06. The summed E-state index contributed by atoms with van der Waals surface area (Å²) in [6.07, 6.45) is 5.39. The van der Waals surface area contributed by atoms with E-state index in [1.165, 1.54) is 0 Å². The molecule has 0 amide bonds. The van der Waals surface area contributed by atoms with Crippen LogP contribution in [0.15, 0.2) is 12.4 Å². The van der Waals surface area contributed by atoms with Crippen molar-refractivity contribution in [1.82, 2.24) is 15.1 Å². The van der Waals surface area contributed by atoms with Gasteiger partial charge >= 0.3 is 5.97 Å². The summed E-state index contributed by atoms with van der Waals surface area (Å²) in [7, 11) is 0. The molecular formula is C14H22ClN3O2. The predicted molar refractivity (Wildman–Crippen MR) is 77.6 cm³/mol. The van der Waals surface area contributed by atoms with Crippen LogP contribution in [-0.4, -0.2) is 33.9 Å². The molecule has 112 valence electrons. The summed E-state index contributed by atoms with van der Waals surface area (Å²) in [5.74, 6) is 0.106. The Kier molecular flexibility index (Phi) is 4.70. The quantitative estimate of drug-likeness (QED) is 0.785. The zero-order chi connectivity index (χ0) is 14.8. The highest BCUT2D eigenvalue weighted by Gasteiger charge is 2.52. The molecule has 0 aromatic carbocycles. The second kappa shape index (κ2) is 6.14. The Morgan fingerprint density at radius 1 is 1.65 bits per heavy atom. The molecule has 2 rings (SSSR count). The Bertz CT molecular complexity index is 471. The molecule has 0 saturated heterocycles. The summed E-state index contributed by atoms with van der Waals surface area (Å²) in [4.78, 5) is 12.5. The van der Waals surface area contributed by atoms with E-state index in [2.05, 4.69) is 10.4 Å². The molecule has 1 saturated carbocycles. The molecule has 0 radical (unpaired) electrons. The van der Waals surface area contributed by atoms with E-state index >= 15 is 0 Å². The number of halogens is 1. The Labute approximate surface area is 124 Å². The van der Waals surface area contributed by atoms with Gasteiger partial charge in [-0.3, -0.25) is 10.00 Å². The third kappa shape index (κ3) is 3.33. The van der Waals surface area contributed by atoms with Crippen molar-refractivity contribution in [2.45, 2.75) is 51.7 Å². The predicted octanol–water partition coefficient (Wildman–Crippen LogP) is 2.25. The van der Waals surface area contributed by atoms with E-state index < -0.39 is 5.54 Å². The van der Waals surface area contributed by atoms with Gasteiger partial charge in [0.2, 0.25) is 0 Å². The molecular weight excluding hydrogens is 278 g/mol. The lowest BCUT2D eigenvalue weighted by molar-refractivity contribution is -0.153. The standard InChI is InChI=1S/C14H22ClN3O2/c1-4-20-13(19)14(11-5-6-11,17-10(2)3)9-18-8-12(15)7-16-18/h7-8,10-11,17H,4-6,9H2,1-3H3. The summed E-state index contributed by atoms with van der Waals surface area (Å²) < 4.78 is 7.03. The van der Waals surface area contributed by atoms with Crippen molar-refractivity contribution >= 4 is 17.6 Å². The molecule has 1 fully saturated rings. The number of aromatic nitrogens is 2. The van der Waals surface area contributed by atoms with Gasteiger partial charge in [0.15, 0.2) is 0 Å². The maximum atomic E-state index is 12.5. The molecule has 1 aliphatic rings. The number of ether oxygens (including phenoxy) is 1. The molecule has 1 N–H and O–H groups in total. The Morgan fingerprint density at radius 2 is 2.35 bits per heavy atom. The summed E-state index contributed by atoms with van der Waals surface area (Å²) in [5, 5.41) is 8.19. The second-order valence-electron chi connectivity index (χ2n) is 5.62. The van der Waals surface area contributed by atoms with Crippen LogP contribution in [0.1, 0.15) is 33.6 Å². The molecule has 1 aromatic rings. The average Bonchev–Trinajstić information content (AvgIpc) is 3.13. The zero-order valence-electron chi connectivity index (χ0n) is 12.2. The van der Waals surface area contributed by atoms with Crippen molar-refractivity contribution in [2.24, 2.45) is 5.92 Å². The highest BCUT2D eigenvalue weighted by Crippen LogP contribution is 2.42. The zero-order valence-corrected chi connectivity index (χ0v) is 13.0. The van der Waals surface area contributed by atoms with Crippen LogP contribution in [0.2, 0.25) is 5.02 Å². The number of rotatable bonds is 7. The Balaban J connectivity index is 2.27. The maximum absolute atomic E-state index is 12.5. The smallest absolute Gasteiger partial charge is 0.328 e. The van der Waals surface area contributed by atoms with Crippen molar-refractivity contribution in [3.63, 3.8) is 0 Å². The van der Waals surface area contributed by atoms with Crippen molar-refractivity contribution in [3.8, 4) is 0 Å². The van der Waals surface area contributed by atoms with E-state index in [0.717, 1.165) is 12.8 Å². The number of esters is 1. The molecule has 0 aliphatic heterocycles. The van der Waals surface area contributed by atoms with Gasteiger partial charge in [0.25, 0.3) is 0 Å². The van der Waals surface area contributed by atoms with Crippen LogP contribution in [0.4, 0.5) is 0 Å². The van der Waals surface area contributed by atoms with Crippen LogP contribution >= 0.6 is 11.6 Å². The van der Waals surface area contributed by atoms with Gasteiger partial charge < -0.3 is 4.74 Å². The first kappa shape index (κ1) is 15.3. The fourth-order valence-corrected chi connectivity index (χ4v) is 2.77. The fourth-order valence-electron chi connectivity index (χ4n) is 2.61. The molecule has 1 unspecified atom stereocenters. The molecule has 1 atom stereocenters. The Hall–Kier alpha value is -1.07. The van der Waals surface area contributed by atoms with Gasteiger partial charge in [0.1, 0.15) is 5.54 Å². The van der Waals surface area contributed by atoms with E-state index in [-0.39, 0.29) is 12.0 Å². The number of hydrogen-bond acceptors (Lipinski definition) is 4. The van der Waals surface area contributed by atoms with Crippen molar-refractivity contribution in [3.05, 3.63) is 17.4 Å². The molecule has 0 spiro atoms. The van der Waals surface area contributed by atoms with Gasteiger partial charge in [0, 0.05) is 12.2 Å². The summed E-state index contributed by atoms with van der Waals surface area (Å²) >= 11 is 5.91. The van der Waals surface area contributed by atoms with Gasteiger partial charge in [-0.15, -0.1) is 0 Å². The normalized spacial score (nSPS) is 18.1. The lowest BCUT2D eigenvalue weighted by atomic mass is 9.92. The Morgan fingerprint density at radius 3 is 2.80 bits per heavy atom. The number of nitrogens with zero attached hydrogens (tertiary/aromatic N) is 2. The first-order valence-electron chi connectivity index (χ1n) is 7.11. The summed E-state index contributed by atoms with van der Waals surface area (Å²) in [6.45, 7) is 6.73. The van der Waals surface area contributed by atoms with E-state index in [4.69, 9.17) is 16.3 Å². The minimum Gasteiger partial charge on any atom is -0.465 e. The van der Waals surface area contributed by atoms with Gasteiger partial charge in [-0.25, -0.2) is 4.79 Å². The summed E-state index contributed by atoms with van der Waals surface area (Å²) in [6, 6.07) is 0.186. The first-order chi connectivity index (χ1) is 9.48. The molecule has 5 nitrogen and oxygen atoms in total. The number of nitrogens with one attached hydrogen (secondary N) is 1. The van der Waals surface area contributed by atoms with Crippen molar-refractivity contribution < 1.29 is 9.53 Å². The van der Waals surface area contributed by atoms with Gasteiger partial charge in [0.05, 0.1) is 24.4 Å². The van der Waals surface area contributed by atoms with Gasteiger partial charge in [-0.1, -0.05) is 11.6 Å². The summed E-state index contributed by atoms with van der Waals surface area (Å²) in [5.41, 5.74) is -0.709. The van der Waals surface area contributed by atoms with Crippen LogP contribution in [-0.2, 0) is 16.1 Å². The van der Waals surface area contributed by atoms with Crippen LogP contribution in [0, 0.1) is 5.92 Å². The van der Waals surface area contributed by atoms with Crippen LogP contribution in [0.25, 0.3) is 0 Å². The van der Waals surface area contributed by atoms with Crippen molar-refractivity contribution in [1.29, 1.82) is 0 Å². The lowest BCUT2D eigenvalue weighted by Gasteiger charge is -2.34. The maximum Gasteiger partial charge on any atom is 0.328 e. The van der Waals surface area contributed by atoms with E-state index in [0.29, 0.717) is 24.1 Å². The topological polar surface area (TPSA) is 56.2 Å². The molecule has 6 heteroatoms. The molecule has 0 bridgehead atoms. The van der Waals surface area contributed by atoms with Crippen LogP contribution in [0.3, 0.4) is 0 Å². The molecule has 1 aromatic heterocycles. The molecule has 1 aliphatic carbocycles. The largest absolute Gasteiger partial charge is 0.465 e. The first-order valence-corrected chi connectivity index (χ1v) is 7.48. The highest BCUT2D eigenvalue weighted by atomic mass is 35.5. The van der Waals surface area contributed by atoms with Gasteiger partial charge in [-0.05, 0) is 39.5 Å². The molecule has 20 heavy (non-hydrogen) atoms. The van der Waals surface area contributed by atoms with Crippen LogP contribution in [0.5, 0.6) is 0 Å². The minimum atomic E-state index is -0.709. The third-order valence-corrected chi connectivity index (χ3v) is 3.67. The number of carbonyl (C=O) groups is 1. The van der Waals surface area contributed by atoms with Gasteiger partial charge in [-0.2, -0.15) is 5.10 Å². The van der Waals surface area contributed by atoms with E-state index in [1.54, 1.807) is 17.1 Å². The fraction of sp³-hybridized carbons (Fsp3) is 0.714. The molecule has 1 heterocycles. The van der Waals surface area contributed by atoms with Crippen molar-refractivity contribution in [2.75, 3.05) is 6.61 Å². The average molecular weight is 300 g/mol. The number of carbonyl (C=O) groups excluding carboxylic acids is 1. The lowest BCUT2D eigenvalue weighted by Crippen LogP contribution is -2.60. The third-order valence-electron chi connectivity index (χ3n) is 3.47. The van der Waals surface area contributed by atoms with Crippen LogP contribution < -0.4 is 5.32 Å².